The van der Waals surface area contributed by atoms with E-state index >= 15 is 0 Å². The summed E-state index contributed by atoms with van der Waals surface area (Å²) in [6, 6.07) is 19.2. The van der Waals surface area contributed by atoms with Crippen molar-refractivity contribution in [2.45, 2.75) is 25.7 Å². The molecule has 0 aromatic heterocycles. The number of rotatable bonds is 1. The van der Waals surface area contributed by atoms with E-state index < -0.39 is 0 Å². The maximum atomic E-state index is 5.09. The van der Waals surface area contributed by atoms with Crippen LogP contribution in [0.2, 0.25) is 0 Å². The van der Waals surface area contributed by atoms with Crippen molar-refractivity contribution in [3.63, 3.8) is 0 Å². The summed E-state index contributed by atoms with van der Waals surface area (Å²) < 4.78 is 0. The molecule has 0 aliphatic carbocycles. The van der Waals surface area contributed by atoms with Crippen LogP contribution < -0.4 is 0 Å². The highest BCUT2D eigenvalue weighted by molar-refractivity contribution is 6.23. The predicted molar refractivity (Wildman–Crippen MR) is 97.1 cm³/mol. The zero-order valence-electron chi connectivity index (χ0n) is 13.4. The minimum atomic E-state index is 0.946. The normalized spacial score (nSPS) is 17.8. The molecule has 2 heteroatoms. The van der Waals surface area contributed by atoms with Gasteiger partial charge in [-0.1, -0.05) is 54.6 Å². The van der Waals surface area contributed by atoms with Crippen molar-refractivity contribution < 1.29 is 0 Å². The Hall–Kier alpha value is -2.35. The number of para-hydroxylation sites is 1. The smallest absolute Gasteiger partial charge is 0.136 e. The lowest BCUT2D eigenvalue weighted by atomic mass is 10.0. The quantitative estimate of drug-likeness (QED) is 0.736. The molecule has 0 radical (unpaired) electrons. The summed E-state index contributed by atoms with van der Waals surface area (Å²) in [5.74, 6) is 1.15. The Balaban J connectivity index is 1.81. The molecule has 0 N–H and O–H groups in total. The third-order valence-electron chi connectivity index (χ3n) is 4.73. The highest BCUT2D eigenvalue weighted by Crippen LogP contribution is 2.30. The lowest BCUT2D eigenvalue weighted by Crippen LogP contribution is -2.36. The van der Waals surface area contributed by atoms with Crippen molar-refractivity contribution in [3.8, 4) is 0 Å². The van der Waals surface area contributed by atoms with Crippen molar-refractivity contribution in [3.05, 3.63) is 71.8 Å². The first kappa shape index (κ1) is 14.3. The predicted octanol–water partition coefficient (Wildman–Crippen LogP) is 4.84. The molecule has 4 rings (SSSR count). The fourth-order valence-electron chi connectivity index (χ4n) is 3.48. The van der Waals surface area contributed by atoms with Crippen LogP contribution in [0.4, 0.5) is 5.69 Å². The van der Waals surface area contributed by atoms with Crippen LogP contribution >= 0.6 is 0 Å². The zero-order chi connectivity index (χ0) is 15.5. The van der Waals surface area contributed by atoms with Gasteiger partial charge >= 0.3 is 0 Å². The molecule has 0 amide bonds. The summed E-state index contributed by atoms with van der Waals surface area (Å²) >= 11 is 0. The van der Waals surface area contributed by atoms with Crippen LogP contribution in [0.15, 0.2) is 65.7 Å². The average Bonchev–Trinajstić information content (AvgIpc) is 2.83. The molecule has 2 aromatic carbocycles. The van der Waals surface area contributed by atoms with Crippen LogP contribution in [0.1, 0.15) is 30.4 Å². The summed E-state index contributed by atoms with van der Waals surface area (Å²) in [5.41, 5.74) is 4.98. The van der Waals surface area contributed by atoms with Crippen LogP contribution in [0, 0.1) is 0 Å². The van der Waals surface area contributed by atoms with Gasteiger partial charge in [0, 0.05) is 18.7 Å². The maximum Gasteiger partial charge on any atom is 0.136 e. The molecular weight excluding hydrogens is 280 g/mol. The van der Waals surface area contributed by atoms with E-state index in [0.29, 0.717) is 0 Å². The van der Waals surface area contributed by atoms with Gasteiger partial charge in [0.05, 0.1) is 5.69 Å². The number of nitrogens with zero attached hydrogens (tertiary/aromatic N) is 2. The van der Waals surface area contributed by atoms with Crippen molar-refractivity contribution in [1.29, 1.82) is 0 Å². The molecule has 23 heavy (non-hydrogen) atoms. The van der Waals surface area contributed by atoms with Gasteiger partial charge in [-0.2, -0.15) is 0 Å². The number of aliphatic imine (C=N–C) groups is 1. The molecule has 0 spiro atoms. The number of allylic oxidation sites excluding steroid dienone is 1. The monoisotopic (exact) mass is 302 g/mol. The third kappa shape index (κ3) is 2.94. The summed E-state index contributed by atoms with van der Waals surface area (Å²) in [5, 5.41) is 0. The molecule has 1 fully saturated rings. The lowest BCUT2D eigenvalue weighted by molar-refractivity contribution is 0.345. The number of piperidine rings is 1. The van der Waals surface area contributed by atoms with Crippen LogP contribution in [-0.4, -0.2) is 23.8 Å². The molecule has 2 heterocycles. The van der Waals surface area contributed by atoms with E-state index in [1.165, 1.54) is 36.0 Å². The van der Waals surface area contributed by atoms with Crippen molar-refractivity contribution in [2.75, 3.05) is 13.1 Å². The summed E-state index contributed by atoms with van der Waals surface area (Å²) in [6.45, 7) is 2.23. The van der Waals surface area contributed by atoms with Crippen LogP contribution in [0.3, 0.4) is 0 Å². The van der Waals surface area contributed by atoms with Crippen LogP contribution in [-0.2, 0) is 6.42 Å². The molecule has 116 valence electrons. The molecule has 1 saturated heterocycles. The number of likely N-dealkylation sites (tertiary alicyclic amines) is 1. The fourth-order valence-corrected chi connectivity index (χ4v) is 3.48. The Morgan fingerprint density at radius 2 is 1.52 bits per heavy atom. The van der Waals surface area contributed by atoms with Gasteiger partial charge in [0.15, 0.2) is 0 Å². The first-order chi connectivity index (χ1) is 11.4. The minimum absolute atomic E-state index is 0.946. The van der Waals surface area contributed by atoms with Gasteiger partial charge in [-0.25, -0.2) is 4.99 Å². The van der Waals surface area contributed by atoms with E-state index in [0.717, 1.165) is 31.0 Å². The van der Waals surface area contributed by atoms with E-state index in [9.17, 15) is 0 Å². The zero-order valence-corrected chi connectivity index (χ0v) is 13.4. The SMILES string of the molecule is C1=C(c2ccccc2)C(N2CCCCC2)=Nc2ccccc2C1. The molecule has 2 aliphatic heterocycles. The molecule has 0 unspecified atom stereocenters. The van der Waals surface area contributed by atoms with E-state index in [4.69, 9.17) is 4.99 Å². The lowest BCUT2D eigenvalue weighted by Gasteiger charge is -2.31. The molecule has 0 atom stereocenters. The van der Waals surface area contributed by atoms with Gasteiger partial charge in [-0.3, -0.25) is 0 Å². The average molecular weight is 302 g/mol. The van der Waals surface area contributed by atoms with Gasteiger partial charge in [0.25, 0.3) is 0 Å². The van der Waals surface area contributed by atoms with Gasteiger partial charge in [-0.15, -0.1) is 0 Å². The van der Waals surface area contributed by atoms with Crippen LogP contribution in [0.5, 0.6) is 0 Å². The summed E-state index contributed by atoms with van der Waals surface area (Å²) in [7, 11) is 0. The Morgan fingerprint density at radius 3 is 2.35 bits per heavy atom. The second kappa shape index (κ2) is 6.41. The van der Waals surface area contributed by atoms with Crippen molar-refractivity contribution in [1.82, 2.24) is 4.90 Å². The van der Waals surface area contributed by atoms with E-state index in [2.05, 4.69) is 65.6 Å². The standard InChI is InChI=1S/C21H22N2/c1-3-9-17(10-4-1)19-14-13-18-11-5-6-12-20(18)22-21(19)23-15-7-2-8-16-23/h1,3-6,9-12,14H,2,7-8,13,15-16H2. The third-order valence-corrected chi connectivity index (χ3v) is 4.73. The second-order valence-electron chi connectivity index (χ2n) is 6.30. The van der Waals surface area contributed by atoms with Gasteiger partial charge < -0.3 is 4.90 Å². The number of amidine groups is 1. The molecule has 0 bridgehead atoms. The van der Waals surface area contributed by atoms with Crippen LogP contribution in [0.25, 0.3) is 5.57 Å². The first-order valence-corrected chi connectivity index (χ1v) is 8.59. The van der Waals surface area contributed by atoms with Crippen molar-refractivity contribution >= 4 is 17.1 Å². The highest BCUT2D eigenvalue weighted by atomic mass is 15.2. The molecule has 2 nitrogen and oxygen atoms in total. The number of hydrogen-bond donors (Lipinski definition) is 0. The Bertz CT molecular complexity index is 737. The first-order valence-electron chi connectivity index (χ1n) is 8.59. The topological polar surface area (TPSA) is 15.6 Å². The molecule has 2 aromatic rings. The van der Waals surface area contributed by atoms with Crippen molar-refractivity contribution in [2.24, 2.45) is 4.99 Å². The minimum Gasteiger partial charge on any atom is -0.356 e. The number of benzene rings is 2. The largest absolute Gasteiger partial charge is 0.356 e. The fraction of sp³-hybridized carbons (Fsp3) is 0.286. The maximum absolute atomic E-state index is 5.09. The Kier molecular flexibility index (Phi) is 3.97. The van der Waals surface area contributed by atoms with Gasteiger partial charge in [-0.05, 0) is 42.9 Å². The Labute approximate surface area is 138 Å². The number of hydrogen-bond acceptors (Lipinski definition) is 2. The molecular formula is C21H22N2. The summed E-state index contributed by atoms with van der Waals surface area (Å²) in [6.07, 6.45) is 7.17. The molecule has 2 aliphatic rings. The molecule has 0 saturated carbocycles. The van der Waals surface area contributed by atoms with E-state index in [-0.39, 0.29) is 0 Å². The highest BCUT2D eigenvalue weighted by Gasteiger charge is 2.21. The second-order valence-corrected chi connectivity index (χ2v) is 6.30. The number of fused-ring (bicyclic) bond motifs is 1. The van der Waals surface area contributed by atoms with Gasteiger partial charge in [0.2, 0.25) is 0 Å². The van der Waals surface area contributed by atoms with E-state index in [1.807, 2.05) is 0 Å². The summed E-state index contributed by atoms with van der Waals surface area (Å²) in [4.78, 5) is 7.57. The Morgan fingerprint density at radius 1 is 0.783 bits per heavy atom. The van der Waals surface area contributed by atoms with Gasteiger partial charge in [0.1, 0.15) is 5.84 Å². The van der Waals surface area contributed by atoms with E-state index in [1.54, 1.807) is 0 Å².